The number of piperidine rings is 1. The molecule has 3 heteroatoms. The molecule has 1 aliphatic heterocycles. The molecule has 108 valence electrons. The second kappa shape index (κ2) is 5.89. The Kier molecular flexibility index (Phi) is 5.22. The van der Waals surface area contributed by atoms with Crippen LogP contribution < -0.4 is 5.73 Å². The summed E-state index contributed by atoms with van der Waals surface area (Å²) in [4.78, 5) is 2.40. The van der Waals surface area contributed by atoms with Gasteiger partial charge < -0.3 is 10.8 Å². The van der Waals surface area contributed by atoms with E-state index in [-0.39, 0.29) is 24.1 Å². The molecule has 3 N–H and O–H groups in total. The van der Waals surface area contributed by atoms with Gasteiger partial charge in [-0.15, -0.1) is 0 Å². The van der Waals surface area contributed by atoms with Gasteiger partial charge in [0.2, 0.25) is 0 Å². The van der Waals surface area contributed by atoms with E-state index in [1.807, 2.05) is 0 Å². The van der Waals surface area contributed by atoms with Crippen molar-refractivity contribution in [1.29, 1.82) is 0 Å². The van der Waals surface area contributed by atoms with Crippen molar-refractivity contribution >= 4 is 0 Å². The molecule has 0 aromatic carbocycles. The number of rotatable bonds is 4. The van der Waals surface area contributed by atoms with Gasteiger partial charge in [0.15, 0.2) is 0 Å². The van der Waals surface area contributed by atoms with E-state index in [4.69, 9.17) is 5.73 Å². The molecule has 3 nitrogen and oxygen atoms in total. The minimum atomic E-state index is 0.0217. The average Bonchev–Trinajstić information content (AvgIpc) is 2.31. The Morgan fingerprint density at radius 1 is 1.28 bits per heavy atom. The van der Waals surface area contributed by atoms with Crippen LogP contribution in [0.15, 0.2) is 0 Å². The normalized spacial score (nSPS) is 24.8. The summed E-state index contributed by atoms with van der Waals surface area (Å²) in [6.07, 6.45) is 3.68. The summed E-state index contributed by atoms with van der Waals surface area (Å²) < 4.78 is 0. The molecule has 18 heavy (non-hydrogen) atoms. The van der Waals surface area contributed by atoms with Gasteiger partial charge in [-0.2, -0.15) is 0 Å². The monoisotopic (exact) mass is 256 g/mol. The average molecular weight is 256 g/mol. The Balaban J connectivity index is 2.64. The first kappa shape index (κ1) is 15.9. The van der Waals surface area contributed by atoms with Gasteiger partial charge in [0, 0.05) is 12.1 Å². The van der Waals surface area contributed by atoms with Gasteiger partial charge >= 0.3 is 0 Å². The Labute approximate surface area is 113 Å². The Morgan fingerprint density at radius 2 is 1.78 bits per heavy atom. The predicted molar refractivity (Wildman–Crippen MR) is 77.5 cm³/mol. The number of likely N-dealkylation sites (tertiary alicyclic amines) is 1. The molecule has 1 aliphatic rings. The van der Waals surface area contributed by atoms with E-state index in [1.54, 1.807) is 0 Å². The third-order valence-corrected chi connectivity index (χ3v) is 4.93. The van der Waals surface area contributed by atoms with E-state index < -0.39 is 0 Å². The number of nitrogens with zero attached hydrogens (tertiary/aromatic N) is 1. The fraction of sp³-hybridized carbons (Fsp3) is 1.00. The van der Waals surface area contributed by atoms with Crippen LogP contribution >= 0.6 is 0 Å². The van der Waals surface area contributed by atoms with Gasteiger partial charge in [0.25, 0.3) is 0 Å². The van der Waals surface area contributed by atoms with Crippen LogP contribution in [0.3, 0.4) is 0 Å². The van der Waals surface area contributed by atoms with Crippen molar-refractivity contribution in [2.45, 2.75) is 66.0 Å². The largest absolute Gasteiger partial charge is 0.395 e. The number of hydrogen-bond donors (Lipinski definition) is 2. The van der Waals surface area contributed by atoms with Gasteiger partial charge in [-0.05, 0) is 36.8 Å². The van der Waals surface area contributed by atoms with Crippen LogP contribution in [0.5, 0.6) is 0 Å². The molecule has 2 atom stereocenters. The molecule has 0 bridgehead atoms. The number of aliphatic hydroxyl groups is 1. The highest BCUT2D eigenvalue weighted by Crippen LogP contribution is 2.35. The van der Waals surface area contributed by atoms with Crippen LogP contribution in [0.2, 0.25) is 0 Å². The van der Waals surface area contributed by atoms with Gasteiger partial charge in [-0.25, -0.2) is 0 Å². The van der Waals surface area contributed by atoms with E-state index in [0.717, 1.165) is 13.1 Å². The highest BCUT2D eigenvalue weighted by molar-refractivity contribution is 4.93. The first-order chi connectivity index (χ1) is 8.23. The zero-order valence-corrected chi connectivity index (χ0v) is 12.9. The highest BCUT2D eigenvalue weighted by atomic mass is 16.3. The Hall–Kier alpha value is -0.120. The molecule has 0 aliphatic carbocycles. The summed E-state index contributed by atoms with van der Waals surface area (Å²) in [6.45, 7) is 13.4. The SMILES string of the molecule is CCC1(C)CCN(C(CO)C(N)C(C)(C)C)CC1. The lowest BCUT2D eigenvalue weighted by molar-refractivity contribution is 0.0239. The summed E-state index contributed by atoms with van der Waals surface area (Å²) in [5.41, 5.74) is 6.86. The molecule has 2 unspecified atom stereocenters. The zero-order chi connectivity index (χ0) is 14.0. The zero-order valence-electron chi connectivity index (χ0n) is 12.9. The minimum absolute atomic E-state index is 0.0217. The second-order valence-electron chi connectivity index (χ2n) is 7.34. The van der Waals surface area contributed by atoms with Crippen LogP contribution in [0.1, 0.15) is 53.9 Å². The van der Waals surface area contributed by atoms with Crippen molar-refractivity contribution in [3.63, 3.8) is 0 Å². The molecule has 1 saturated heterocycles. The lowest BCUT2D eigenvalue weighted by Crippen LogP contribution is -2.57. The first-order valence-electron chi connectivity index (χ1n) is 7.34. The van der Waals surface area contributed by atoms with E-state index >= 15 is 0 Å². The molecule has 0 radical (unpaired) electrons. The molecule has 0 amide bonds. The second-order valence-corrected chi connectivity index (χ2v) is 7.34. The maximum Gasteiger partial charge on any atom is 0.0602 e. The third-order valence-electron chi connectivity index (χ3n) is 4.93. The molecule has 0 spiro atoms. The van der Waals surface area contributed by atoms with Crippen molar-refractivity contribution in [3.8, 4) is 0 Å². The van der Waals surface area contributed by atoms with E-state index in [1.165, 1.54) is 19.3 Å². The van der Waals surface area contributed by atoms with E-state index in [2.05, 4.69) is 39.5 Å². The summed E-state index contributed by atoms with van der Waals surface area (Å²) in [7, 11) is 0. The smallest absolute Gasteiger partial charge is 0.0602 e. The van der Waals surface area contributed by atoms with Crippen LogP contribution in [0.25, 0.3) is 0 Å². The molecule has 0 saturated carbocycles. The molecule has 0 aromatic heterocycles. The van der Waals surface area contributed by atoms with Gasteiger partial charge in [0.1, 0.15) is 0 Å². The van der Waals surface area contributed by atoms with Crippen LogP contribution in [-0.4, -0.2) is 41.8 Å². The number of aliphatic hydroxyl groups excluding tert-OH is 1. The van der Waals surface area contributed by atoms with Gasteiger partial charge in [-0.3, -0.25) is 4.90 Å². The van der Waals surface area contributed by atoms with Crippen molar-refractivity contribution < 1.29 is 5.11 Å². The summed E-state index contributed by atoms with van der Waals surface area (Å²) in [5, 5.41) is 9.68. The lowest BCUT2D eigenvalue weighted by atomic mass is 9.76. The Morgan fingerprint density at radius 3 is 2.11 bits per heavy atom. The number of hydrogen-bond acceptors (Lipinski definition) is 3. The quantitative estimate of drug-likeness (QED) is 0.811. The molecule has 1 rings (SSSR count). The lowest BCUT2D eigenvalue weighted by Gasteiger charge is -2.46. The molecule has 1 heterocycles. The molecular weight excluding hydrogens is 224 g/mol. The molecular formula is C15H32N2O. The van der Waals surface area contributed by atoms with Crippen LogP contribution in [0, 0.1) is 10.8 Å². The maximum atomic E-state index is 9.68. The summed E-state index contributed by atoms with van der Waals surface area (Å²) in [5.74, 6) is 0. The topological polar surface area (TPSA) is 49.5 Å². The molecule has 0 aromatic rings. The van der Waals surface area contributed by atoms with E-state index in [0.29, 0.717) is 5.41 Å². The summed E-state index contributed by atoms with van der Waals surface area (Å²) in [6, 6.07) is 0.125. The maximum absolute atomic E-state index is 9.68. The predicted octanol–water partition coefficient (Wildman–Crippen LogP) is 2.23. The molecule has 1 fully saturated rings. The fourth-order valence-corrected chi connectivity index (χ4v) is 2.78. The minimum Gasteiger partial charge on any atom is -0.395 e. The van der Waals surface area contributed by atoms with E-state index in [9.17, 15) is 5.11 Å². The number of nitrogens with two attached hydrogens (primary N) is 1. The van der Waals surface area contributed by atoms with Crippen molar-refractivity contribution in [1.82, 2.24) is 4.90 Å². The van der Waals surface area contributed by atoms with Crippen molar-refractivity contribution in [2.75, 3.05) is 19.7 Å². The van der Waals surface area contributed by atoms with Crippen molar-refractivity contribution in [3.05, 3.63) is 0 Å². The van der Waals surface area contributed by atoms with Crippen molar-refractivity contribution in [2.24, 2.45) is 16.6 Å². The highest BCUT2D eigenvalue weighted by Gasteiger charge is 2.36. The third kappa shape index (κ3) is 3.69. The van der Waals surface area contributed by atoms with Gasteiger partial charge in [0.05, 0.1) is 6.61 Å². The van der Waals surface area contributed by atoms with Crippen LogP contribution in [0.4, 0.5) is 0 Å². The fourth-order valence-electron chi connectivity index (χ4n) is 2.78. The van der Waals surface area contributed by atoms with Crippen LogP contribution in [-0.2, 0) is 0 Å². The standard InChI is InChI=1S/C15H32N2O/c1-6-15(5)7-9-17(10-8-15)12(11-18)13(16)14(2,3)4/h12-13,18H,6-11,16H2,1-5H3. The first-order valence-corrected chi connectivity index (χ1v) is 7.34. The summed E-state index contributed by atoms with van der Waals surface area (Å²) >= 11 is 0. The van der Waals surface area contributed by atoms with Gasteiger partial charge in [-0.1, -0.05) is 41.0 Å². The Bertz CT molecular complexity index is 252.